The molecular weight excluding hydrogens is 338 g/mol. The second-order valence-electron chi connectivity index (χ2n) is 6.64. The number of amides is 1. The molecule has 0 unspecified atom stereocenters. The Morgan fingerprint density at radius 1 is 0.889 bits per heavy atom. The summed E-state index contributed by atoms with van der Waals surface area (Å²) in [6.45, 7) is 0.525. The molecule has 0 radical (unpaired) electrons. The lowest BCUT2D eigenvalue weighted by atomic mass is 9.85. The third-order valence-electron chi connectivity index (χ3n) is 4.98. The number of rotatable bonds is 4. The van der Waals surface area contributed by atoms with Crippen LogP contribution in [0.4, 0.5) is 0 Å². The molecule has 4 rings (SSSR count). The van der Waals surface area contributed by atoms with Gasteiger partial charge in [0.05, 0.1) is 12.6 Å². The lowest BCUT2D eigenvalue weighted by molar-refractivity contribution is -0.137. The first kappa shape index (κ1) is 17.3. The number of carbonyl (C=O) groups is 1. The van der Waals surface area contributed by atoms with E-state index < -0.39 is 11.5 Å². The zero-order chi connectivity index (χ0) is 18.7. The van der Waals surface area contributed by atoms with E-state index in [0.717, 1.165) is 11.3 Å². The molecule has 0 saturated heterocycles. The minimum Gasteiger partial charge on any atom is -0.493 e. The highest BCUT2D eigenvalue weighted by atomic mass is 16.5. The molecule has 27 heavy (non-hydrogen) atoms. The Kier molecular flexibility index (Phi) is 4.65. The minimum absolute atomic E-state index is 0.207. The number of hydrogen-bond donors (Lipinski definition) is 2. The second kappa shape index (κ2) is 7.25. The van der Waals surface area contributed by atoms with Crippen molar-refractivity contribution in [2.45, 2.75) is 18.1 Å². The van der Waals surface area contributed by atoms with Crippen LogP contribution in [0.2, 0.25) is 0 Å². The first-order chi connectivity index (χ1) is 13.2. The monoisotopic (exact) mass is 359 g/mol. The Morgan fingerprint density at radius 2 is 1.44 bits per heavy atom. The highest BCUT2D eigenvalue weighted by molar-refractivity contribution is 5.90. The summed E-state index contributed by atoms with van der Waals surface area (Å²) < 4.78 is 5.68. The molecule has 4 heteroatoms. The summed E-state index contributed by atoms with van der Waals surface area (Å²) in [4.78, 5) is 13.3. The van der Waals surface area contributed by atoms with E-state index in [0.29, 0.717) is 24.2 Å². The summed E-state index contributed by atoms with van der Waals surface area (Å²) in [5.41, 5.74) is 0.235. The molecule has 4 nitrogen and oxygen atoms in total. The molecule has 0 saturated carbocycles. The molecule has 0 aliphatic carbocycles. The van der Waals surface area contributed by atoms with Crippen molar-refractivity contribution < 1.29 is 14.6 Å². The van der Waals surface area contributed by atoms with E-state index in [9.17, 15) is 9.90 Å². The number of benzene rings is 3. The fourth-order valence-corrected chi connectivity index (χ4v) is 3.54. The van der Waals surface area contributed by atoms with Gasteiger partial charge in [0, 0.05) is 12.0 Å². The summed E-state index contributed by atoms with van der Waals surface area (Å²) in [7, 11) is 0. The third-order valence-corrected chi connectivity index (χ3v) is 4.98. The van der Waals surface area contributed by atoms with Gasteiger partial charge in [-0.1, -0.05) is 78.9 Å². The van der Waals surface area contributed by atoms with Gasteiger partial charge in [-0.05, 0) is 17.2 Å². The summed E-state index contributed by atoms with van der Waals surface area (Å²) in [5, 5.41) is 14.6. The third kappa shape index (κ3) is 3.20. The molecule has 1 heterocycles. The van der Waals surface area contributed by atoms with Crippen molar-refractivity contribution in [1.82, 2.24) is 5.32 Å². The highest BCUT2D eigenvalue weighted by Gasteiger charge is 2.41. The van der Waals surface area contributed by atoms with Gasteiger partial charge in [-0.3, -0.25) is 4.79 Å². The smallest absolute Gasteiger partial charge is 0.261 e. The van der Waals surface area contributed by atoms with Gasteiger partial charge >= 0.3 is 0 Å². The summed E-state index contributed by atoms with van der Waals surface area (Å²) in [5.74, 6) is 0.332. The Balaban J connectivity index is 1.71. The number of carbonyl (C=O) groups excluding carboxylic acids is 1. The first-order valence-electron chi connectivity index (χ1n) is 9.05. The number of ether oxygens (including phenoxy) is 1. The van der Waals surface area contributed by atoms with E-state index in [1.165, 1.54) is 0 Å². The molecule has 3 aromatic carbocycles. The van der Waals surface area contributed by atoms with E-state index in [2.05, 4.69) is 5.32 Å². The fourth-order valence-electron chi connectivity index (χ4n) is 3.54. The molecule has 1 aliphatic heterocycles. The topological polar surface area (TPSA) is 58.6 Å². The number of aliphatic hydroxyl groups is 1. The van der Waals surface area contributed by atoms with Gasteiger partial charge in [-0.25, -0.2) is 0 Å². The molecule has 1 aliphatic rings. The van der Waals surface area contributed by atoms with Gasteiger partial charge in [-0.15, -0.1) is 0 Å². The lowest BCUT2D eigenvalue weighted by Gasteiger charge is -2.32. The molecule has 2 N–H and O–H groups in total. The van der Waals surface area contributed by atoms with Crippen LogP contribution in [0.5, 0.6) is 5.75 Å². The predicted molar refractivity (Wildman–Crippen MR) is 103 cm³/mol. The van der Waals surface area contributed by atoms with Crippen LogP contribution in [0.25, 0.3) is 0 Å². The van der Waals surface area contributed by atoms with Crippen molar-refractivity contribution in [2.75, 3.05) is 6.61 Å². The van der Waals surface area contributed by atoms with Gasteiger partial charge in [0.15, 0.2) is 5.60 Å². The first-order valence-corrected chi connectivity index (χ1v) is 9.05. The average molecular weight is 359 g/mol. The standard InChI is InChI=1S/C23H21NO3/c25-22(24-20-15-16-27-21-14-8-7-13-19(20)21)23(26,17-9-3-1-4-10-17)18-11-5-2-6-12-18/h1-14,20,26H,15-16H2,(H,24,25)/t20-/m1/s1. The molecular formula is C23H21NO3. The van der Waals surface area contributed by atoms with Crippen LogP contribution in [0.15, 0.2) is 84.9 Å². The average Bonchev–Trinajstić information content (AvgIpc) is 2.74. The number of fused-ring (bicyclic) bond motifs is 1. The van der Waals surface area contributed by atoms with E-state index in [4.69, 9.17) is 4.74 Å². The lowest BCUT2D eigenvalue weighted by Crippen LogP contribution is -2.47. The number of nitrogens with one attached hydrogen (secondary N) is 1. The quantitative estimate of drug-likeness (QED) is 0.749. The predicted octanol–water partition coefficient (Wildman–Crippen LogP) is 3.56. The van der Waals surface area contributed by atoms with E-state index in [1.54, 1.807) is 24.3 Å². The van der Waals surface area contributed by atoms with Crippen molar-refractivity contribution in [1.29, 1.82) is 0 Å². The van der Waals surface area contributed by atoms with Crippen LogP contribution in [-0.2, 0) is 10.4 Å². The maximum Gasteiger partial charge on any atom is 0.261 e. The molecule has 136 valence electrons. The molecule has 0 bridgehead atoms. The normalized spacial score (nSPS) is 16.1. The highest BCUT2D eigenvalue weighted by Crippen LogP contribution is 2.34. The molecule has 3 aromatic rings. The van der Waals surface area contributed by atoms with E-state index >= 15 is 0 Å². The van der Waals surface area contributed by atoms with Crippen LogP contribution in [0.1, 0.15) is 29.2 Å². The van der Waals surface area contributed by atoms with Crippen LogP contribution >= 0.6 is 0 Å². The van der Waals surface area contributed by atoms with E-state index in [-0.39, 0.29) is 6.04 Å². The SMILES string of the molecule is O=C(N[C@@H]1CCOc2ccccc21)C(O)(c1ccccc1)c1ccccc1. The van der Waals surface area contributed by atoms with Crippen molar-refractivity contribution in [2.24, 2.45) is 0 Å². The van der Waals surface area contributed by atoms with Crippen LogP contribution in [-0.4, -0.2) is 17.6 Å². The van der Waals surface area contributed by atoms with Crippen molar-refractivity contribution >= 4 is 5.91 Å². The largest absolute Gasteiger partial charge is 0.493 e. The Morgan fingerprint density at radius 3 is 2.07 bits per heavy atom. The summed E-state index contributed by atoms with van der Waals surface area (Å²) in [6.07, 6.45) is 0.655. The fraction of sp³-hybridized carbons (Fsp3) is 0.174. The molecule has 1 atom stereocenters. The van der Waals surface area contributed by atoms with Crippen LogP contribution < -0.4 is 10.1 Å². The number of para-hydroxylation sites is 1. The van der Waals surface area contributed by atoms with Crippen LogP contribution in [0, 0.1) is 0 Å². The Labute approximate surface area is 158 Å². The van der Waals surface area contributed by atoms with Gasteiger partial charge in [-0.2, -0.15) is 0 Å². The number of hydrogen-bond acceptors (Lipinski definition) is 3. The van der Waals surface area contributed by atoms with Crippen molar-refractivity contribution in [3.8, 4) is 5.75 Å². The van der Waals surface area contributed by atoms with Crippen molar-refractivity contribution in [3.63, 3.8) is 0 Å². The Hall–Kier alpha value is -3.11. The molecule has 0 spiro atoms. The minimum atomic E-state index is -1.77. The zero-order valence-corrected chi connectivity index (χ0v) is 14.8. The second-order valence-corrected chi connectivity index (χ2v) is 6.64. The zero-order valence-electron chi connectivity index (χ0n) is 14.8. The summed E-state index contributed by atoms with van der Waals surface area (Å²) >= 11 is 0. The maximum atomic E-state index is 13.3. The Bertz CT molecular complexity index is 885. The van der Waals surface area contributed by atoms with E-state index in [1.807, 2.05) is 60.7 Å². The van der Waals surface area contributed by atoms with Crippen LogP contribution in [0.3, 0.4) is 0 Å². The molecule has 0 fully saturated rings. The van der Waals surface area contributed by atoms with Gasteiger partial charge in [0.1, 0.15) is 5.75 Å². The molecule has 0 aromatic heterocycles. The van der Waals surface area contributed by atoms with Gasteiger partial charge in [0.2, 0.25) is 0 Å². The van der Waals surface area contributed by atoms with Gasteiger partial charge < -0.3 is 15.2 Å². The maximum absolute atomic E-state index is 13.3. The van der Waals surface area contributed by atoms with Gasteiger partial charge in [0.25, 0.3) is 5.91 Å². The van der Waals surface area contributed by atoms with Crippen molar-refractivity contribution in [3.05, 3.63) is 102 Å². The summed E-state index contributed by atoms with van der Waals surface area (Å²) in [6, 6.07) is 25.5. The molecule has 1 amide bonds.